The number of carbonyl (C=O) groups is 2. The Hall–Kier alpha value is -1.26. The fourth-order valence-electron chi connectivity index (χ4n) is 2.49. The second kappa shape index (κ2) is 3.72. The number of urea groups is 1. The van der Waals surface area contributed by atoms with E-state index < -0.39 is 11.5 Å². The quantitative estimate of drug-likeness (QED) is 0.727. The zero-order valence-corrected chi connectivity index (χ0v) is 8.66. The van der Waals surface area contributed by atoms with Crippen molar-refractivity contribution in [2.75, 3.05) is 13.1 Å². The van der Waals surface area contributed by atoms with Crippen LogP contribution in [0.15, 0.2) is 0 Å². The summed E-state index contributed by atoms with van der Waals surface area (Å²) in [5.74, 6) is -0.812. The summed E-state index contributed by atoms with van der Waals surface area (Å²) in [7, 11) is 0. The normalized spacial score (nSPS) is 24.3. The first-order valence-corrected chi connectivity index (χ1v) is 5.41. The summed E-state index contributed by atoms with van der Waals surface area (Å²) < 4.78 is 0. The molecule has 1 heterocycles. The van der Waals surface area contributed by atoms with E-state index in [4.69, 9.17) is 5.11 Å². The Morgan fingerprint density at radius 1 is 1.47 bits per heavy atom. The zero-order valence-electron chi connectivity index (χ0n) is 8.66. The van der Waals surface area contributed by atoms with Crippen LogP contribution in [0.2, 0.25) is 0 Å². The number of hydrogen-bond acceptors (Lipinski definition) is 2. The Labute approximate surface area is 88.4 Å². The van der Waals surface area contributed by atoms with Gasteiger partial charge in [0.2, 0.25) is 0 Å². The number of carboxylic acids is 1. The van der Waals surface area contributed by atoms with Crippen LogP contribution >= 0.6 is 0 Å². The molecule has 5 nitrogen and oxygen atoms in total. The number of nitrogens with one attached hydrogen (secondary N) is 1. The van der Waals surface area contributed by atoms with Crippen LogP contribution in [0, 0.1) is 0 Å². The standard InChI is InChI=1S/C10H16N2O3/c13-8(14)7-10(3-1-4-10)12-6-2-5-11-9(12)15/h1-7H2,(H,11,15)(H,13,14). The average Bonchev–Trinajstić information content (AvgIpc) is 2.12. The molecule has 0 atom stereocenters. The molecule has 1 saturated heterocycles. The lowest BCUT2D eigenvalue weighted by molar-refractivity contribution is -0.141. The van der Waals surface area contributed by atoms with Gasteiger partial charge in [-0.05, 0) is 25.7 Å². The van der Waals surface area contributed by atoms with Gasteiger partial charge >= 0.3 is 12.0 Å². The minimum atomic E-state index is -0.812. The Morgan fingerprint density at radius 3 is 2.67 bits per heavy atom. The minimum Gasteiger partial charge on any atom is -0.481 e. The topological polar surface area (TPSA) is 69.6 Å². The van der Waals surface area contributed by atoms with Crippen LogP contribution in [-0.4, -0.2) is 40.6 Å². The first-order chi connectivity index (χ1) is 7.14. The van der Waals surface area contributed by atoms with Gasteiger partial charge in [0.1, 0.15) is 0 Å². The maximum atomic E-state index is 11.6. The van der Waals surface area contributed by atoms with E-state index in [0.29, 0.717) is 13.1 Å². The van der Waals surface area contributed by atoms with Crippen LogP contribution in [0.3, 0.4) is 0 Å². The Balaban J connectivity index is 2.10. The highest BCUT2D eigenvalue weighted by molar-refractivity contribution is 5.77. The molecular formula is C10H16N2O3. The number of carboxylic acid groups (broad SMARTS) is 1. The maximum absolute atomic E-state index is 11.6. The van der Waals surface area contributed by atoms with E-state index in [2.05, 4.69) is 5.32 Å². The molecule has 0 radical (unpaired) electrons. The summed E-state index contributed by atoms with van der Waals surface area (Å²) in [6, 6.07) is -0.0952. The highest BCUT2D eigenvalue weighted by Gasteiger charge is 2.46. The van der Waals surface area contributed by atoms with E-state index >= 15 is 0 Å². The van der Waals surface area contributed by atoms with Gasteiger partial charge < -0.3 is 15.3 Å². The number of aliphatic carboxylic acids is 1. The van der Waals surface area contributed by atoms with Crippen molar-refractivity contribution in [1.82, 2.24) is 10.2 Å². The predicted octanol–water partition coefficient (Wildman–Crippen LogP) is 0.799. The molecule has 5 heteroatoms. The lowest BCUT2D eigenvalue weighted by Crippen LogP contribution is -2.62. The summed E-state index contributed by atoms with van der Waals surface area (Å²) in [4.78, 5) is 24.2. The monoisotopic (exact) mass is 212 g/mol. The highest BCUT2D eigenvalue weighted by atomic mass is 16.4. The second-order valence-electron chi connectivity index (χ2n) is 4.39. The van der Waals surface area contributed by atoms with Gasteiger partial charge in [-0.1, -0.05) is 0 Å². The molecule has 84 valence electrons. The molecule has 1 aliphatic heterocycles. The van der Waals surface area contributed by atoms with Crippen LogP contribution in [0.1, 0.15) is 32.1 Å². The molecule has 1 saturated carbocycles. The highest BCUT2D eigenvalue weighted by Crippen LogP contribution is 2.41. The van der Waals surface area contributed by atoms with Crippen molar-refractivity contribution >= 4 is 12.0 Å². The third-order valence-corrected chi connectivity index (χ3v) is 3.42. The fraction of sp³-hybridized carbons (Fsp3) is 0.800. The first kappa shape index (κ1) is 10.3. The molecule has 0 spiro atoms. The third-order valence-electron chi connectivity index (χ3n) is 3.42. The molecule has 0 aromatic carbocycles. The molecule has 0 aromatic heterocycles. The molecule has 0 bridgehead atoms. The average molecular weight is 212 g/mol. The van der Waals surface area contributed by atoms with Gasteiger partial charge in [0.05, 0.1) is 12.0 Å². The van der Waals surface area contributed by atoms with E-state index in [9.17, 15) is 9.59 Å². The molecule has 2 rings (SSSR count). The van der Waals surface area contributed by atoms with E-state index in [1.165, 1.54) is 0 Å². The molecule has 0 unspecified atom stereocenters. The van der Waals surface area contributed by atoms with Crippen LogP contribution in [0.25, 0.3) is 0 Å². The number of rotatable bonds is 3. The lowest BCUT2D eigenvalue weighted by Gasteiger charge is -2.50. The van der Waals surface area contributed by atoms with Gasteiger partial charge in [0, 0.05) is 13.1 Å². The number of amides is 2. The van der Waals surface area contributed by atoms with Crippen molar-refractivity contribution in [1.29, 1.82) is 0 Å². The van der Waals surface area contributed by atoms with E-state index in [-0.39, 0.29) is 12.5 Å². The molecule has 2 fully saturated rings. The van der Waals surface area contributed by atoms with Gasteiger partial charge in [-0.15, -0.1) is 0 Å². The van der Waals surface area contributed by atoms with E-state index in [1.54, 1.807) is 4.90 Å². The van der Waals surface area contributed by atoms with Crippen LogP contribution in [0.4, 0.5) is 4.79 Å². The largest absolute Gasteiger partial charge is 0.481 e. The maximum Gasteiger partial charge on any atom is 0.317 e. The molecule has 1 aliphatic carbocycles. The summed E-state index contributed by atoms with van der Waals surface area (Å²) in [6.07, 6.45) is 3.67. The SMILES string of the molecule is O=C(O)CC1(N2CCCNC2=O)CCC1. The lowest BCUT2D eigenvalue weighted by atomic mass is 9.72. The number of nitrogens with zero attached hydrogens (tertiary/aromatic N) is 1. The van der Waals surface area contributed by atoms with Crippen molar-refractivity contribution in [3.8, 4) is 0 Å². The molecule has 2 aliphatic rings. The second-order valence-corrected chi connectivity index (χ2v) is 4.39. The first-order valence-electron chi connectivity index (χ1n) is 5.41. The van der Waals surface area contributed by atoms with Gasteiger partial charge in [-0.2, -0.15) is 0 Å². The van der Waals surface area contributed by atoms with Crippen LogP contribution < -0.4 is 5.32 Å². The smallest absolute Gasteiger partial charge is 0.317 e. The van der Waals surface area contributed by atoms with Gasteiger partial charge in [0.25, 0.3) is 0 Å². The summed E-state index contributed by atoms with van der Waals surface area (Å²) in [5, 5.41) is 11.6. The zero-order chi connectivity index (χ0) is 10.9. The van der Waals surface area contributed by atoms with E-state index in [0.717, 1.165) is 25.7 Å². The molecule has 15 heavy (non-hydrogen) atoms. The summed E-state index contributed by atoms with van der Waals surface area (Å²) >= 11 is 0. The van der Waals surface area contributed by atoms with Gasteiger partial charge in [-0.25, -0.2) is 4.79 Å². The number of hydrogen-bond donors (Lipinski definition) is 2. The molecule has 2 N–H and O–H groups in total. The van der Waals surface area contributed by atoms with Crippen LogP contribution in [0.5, 0.6) is 0 Å². The van der Waals surface area contributed by atoms with Crippen molar-refractivity contribution < 1.29 is 14.7 Å². The Kier molecular flexibility index (Phi) is 2.54. The van der Waals surface area contributed by atoms with Crippen LogP contribution in [-0.2, 0) is 4.79 Å². The summed E-state index contributed by atoms with van der Waals surface area (Å²) in [5.41, 5.74) is -0.393. The Morgan fingerprint density at radius 2 is 2.20 bits per heavy atom. The predicted molar refractivity (Wildman–Crippen MR) is 53.6 cm³/mol. The molecule has 0 aromatic rings. The van der Waals surface area contributed by atoms with Crippen molar-refractivity contribution in [2.24, 2.45) is 0 Å². The van der Waals surface area contributed by atoms with Crippen molar-refractivity contribution in [2.45, 2.75) is 37.6 Å². The van der Waals surface area contributed by atoms with E-state index in [1.807, 2.05) is 0 Å². The Bertz CT molecular complexity index is 286. The molecule has 2 amide bonds. The van der Waals surface area contributed by atoms with Gasteiger partial charge in [-0.3, -0.25) is 4.79 Å². The molecular weight excluding hydrogens is 196 g/mol. The van der Waals surface area contributed by atoms with Crippen molar-refractivity contribution in [3.05, 3.63) is 0 Å². The third kappa shape index (κ3) is 1.78. The number of carbonyl (C=O) groups excluding carboxylic acids is 1. The summed E-state index contributed by atoms with van der Waals surface area (Å²) in [6.45, 7) is 1.40. The fourth-order valence-corrected chi connectivity index (χ4v) is 2.49. The minimum absolute atomic E-state index is 0.0837. The van der Waals surface area contributed by atoms with Gasteiger partial charge in [0.15, 0.2) is 0 Å². The van der Waals surface area contributed by atoms with Crippen molar-refractivity contribution in [3.63, 3.8) is 0 Å².